The zero-order valence-electron chi connectivity index (χ0n) is 14.3. The molecule has 3 saturated heterocycles. The van der Waals surface area contributed by atoms with E-state index in [4.69, 9.17) is 0 Å². The first-order chi connectivity index (χ1) is 12.4. The number of halogens is 3. The molecule has 0 N–H and O–H groups in total. The maximum Gasteiger partial charge on any atom is 0.417 e. The molecule has 2 nitrogen and oxygen atoms in total. The second-order valence-electron chi connectivity index (χ2n) is 7.99. The fourth-order valence-corrected chi connectivity index (χ4v) is 6.46. The number of hydrogen-bond donors (Lipinski definition) is 0. The van der Waals surface area contributed by atoms with Crippen LogP contribution in [0.15, 0.2) is 24.3 Å². The first-order valence-electron chi connectivity index (χ1n) is 9.26. The fourth-order valence-electron chi connectivity index (χ4n) is 5.32. The molecule has 4 aliphatic rings. The van der Waals surface area contributed by atoms with Crippen LogP contribution in [0.2, 0.25) is 0 Å². The number of rotatable bonds is 3. The van der Waals surface area contributed by atoms with Crippen molar-refractivity contribution < 1.29 is 18.0 Å². The summed E-state index contributed by atoms with van der Waals surface area (Å²) in [6, 6.07) is 5.82. The molecule has 1 aromatic heterocycles. The number of hydrogen-bond acceptors (Lipinski definition) is 3. The topological polar surface area (TPSA) is 20.3 Å². The highest BCUT2D eigenvalue weighted by Crippen LogP contribution is 2.58. The van der Waals surface area contributed by atoms with E-state index in [0.29, 0.717) is 28.5 Å². The number of thiophene rings is 1. The summed E-state index contributed by atoms with van der Waals surface area (Å²) in [5.74, 6) is 1.00. The zero-order valence-corrected chi connectivity index (χ0v) is 15.1. The molecule has 1 saturated carbocycles. The van der Waals surface area contributed by atoms with Gasteiger partial charge in [0.2, 0.25) is 0 Å². The predicted octanol–water partition coefficient (Wildman–Crippen LogP) is 5.37. The molecule has 1 atom stereocenters. The van der Waals surface area contributed by atoms with Crippen LogP contribution in [-0.2, 0) is 6.18 Å². The average Bonchev–Trinajstić information content (AvgIpc) is 3.26. The summed E-state index contributed by atoms with van der Waals surface area (Å²) in [6.07, 6.45) is 0.751. The highest BCUT2D eigenvalue weighted by Gasteiger charge is 2.60. The summed E-state index contributed by atoms with van der Waals surface area (Å²) in [5, 5.41) is 0.517. The van der Waals surface area contributed by atoms with Gasteiger partial charge >= 0.3 is 6.18 Å². The summed E-state index contributed by atoms with van der Waals surface area (Å²) in [7, 11) is 0. The van der Waals surface area contributed by atoms with Crippen molar-refractivity contribution in [3.8, 4) is 0 Å². The van der Waals surface area contributed by atoms with Crippen molar-refractivity contribution in [2.75, 3.05) is 13.1 Å². The Kier molecular flexibility index (Phi) is 3.58. The van der Waals surface area contributed by atoms with Crippen LogP contribution in [-0.4, -0.2) is 29.3 Å². The molecule has 2 bridgehead atoms. The third-order valence-corrected chi connectivity index (χ3v) is 7.95. The van der Waals surface area contributed by atoms with Gasteiger partial charge in [-0.2, -0.15) is 13.2 Å². The average molecular weight is 379 g/mol. The second kappa shape index (κ2) is 5.55. The van der Waals surface area contributed by atoms with E-state index in [0.717, 1.165) is 43.3 Å². The number of carbonyl (C=O) groups excluding carboxylic acids is 1. The maximum absolute atomic E-state index is 13.2. The summed E-state index contributed by atoms with van der Waals surface area (Å²) in [6.45, 7) is 2.29. The van der Waals surface area contributed by atoms with Crippen LogP contribution < -0.4 is 0 Å². The number of carbonyl (C=O) groups is 1. The highest BCUT2D eigenvalue weighted by molar-refractivity contribution is 7.21. The van der Waals surface area contributed by atoms with Gasteiger partial charge in [-0.1, -0.05) is 12.1 Å². The molecule has 0 radical (unpaired) electrons. The quantitative estimate of drug-likeness (QED) is 0.669. The van der Waals surface area contributed by atoms with E-state index in [1.165, 1.54) is 18.9 Å². The molecular formula is C20H20F3NOS. The minimum Gasteiger partial charge on any atom is -0.297 e. The zero-order chi connectivity index (χ0) is 18.1. The van der Waals surface area contributed by atoms with Gasteiger partial charge in [0, 0.05) is 16.7 Å². The number of alkyl halides is 3. The van der Waals surface area contributed by atoms with Crippen molar-refractivity contribution in [1.29, 1.82) is 0 Å². The molecule has 4 heterocycles. The molecule has 26 heavy (non-hydrogen) atoms. The highest BCUT2D eigenvalue weighted by atomic mass is 32.1. The molecule has 1 aromatic carbocycles. The number of fused-ring (bicyclic) bond motifs is 3. The van der Waals surface area contributed by atoms with Gasteiger partial charge in [0.25, 0.3) is 0 Å². The Morgan fingerprint density at radius 3 is 2.62 bits per heavy atom. The lowest BCUT2D eigenvalue weighted by Gasteiger charge is -2.52. The van der Waals surface area contributed by atoms with Crippen molar-refractivity contribution in [3.05, 3.63) is 34.7 Å². The van der Waals surface area contributed by atoms with Crippen molar-refractivity contribution in [1.82, 2.24) is 4.90 Å². The molecule has 1 spiro atoms. The fraction of sp³-hybridized carbons (Fsp3) is 0.550. The van der Waals surface area contributed by atoms with Crippen molar-refractivity contribution in [2.45, 2.75) is 43.8 Å². The van der Waals surface area contributed by atoms with Crippen LogP contribution in [0, 0.1) is 11.8 Å². The lowest BCUT2D eigenvalue weighted by atomic mass is 9.70. The Balaban J connectivity index is 1.44. The third kappa shape index (κ3) is 2.45. The van der Waals surface area contributed by atoms with Crippen LogP contribution in [0.1, 0.15) is 47.3 Å². The van der Waals surface area contributed by atoms with Gasteiger partial charge in [-0.15, -0.1) is 11.3 Å². The second-order valence-corrected chi connectivity index (χ2v) is 9.05. The summed E-state index contributed by atoms with van der Waals surface area (Å²) < 4.78 is 39.9. The number of piperidine rings is 3. The standard InChI is InChI=1S/C20H20F3NOS/c21-20(22,23)14-3-1-2-13-10-17(26-18(13)14)16(25)11-15-12-4-8-24(9-5-12)19(15)6-7-19/h1-3,10,12,15H,4-9,11H2. The van der Waals surface area contributed by atoms with Crippen molar-refractivity contribution in [2.24, 2.45) is 11.8 Å². The lowest BCUT2D eigenvalue weighted by Crippen LogP contribution is -2.57. The van der Waals surface area contributed by atoms with Gasteiger partial charge in [0.05, 0.1) is 10.4 Å². The van der Waals surface area contributed by atoms with E-state index in [1.807, 2.05) is 0 Å². The van der Waals surface area contributed by atoms with Gasteiger partial charge in [0.15, 0.2) is 5.78 Å². The van der Waals surface area contributed by atoms with E-state index in [-0.39, 0.29) is 16.0 Å². The molecule has 2 aromatic rings. The number of Topliss-reactive ketones (excluding diaryl/α,β-unsaturated/α-hetero) is 1. The first kappa shape index (κ1) is 16.8. The molecule has 138 valence electrons. The molecule has 6 rings (SSSR count). The molecule has 0 amide bonds. The lowest BCUT2D eigenvalue weighted by molar-refractivity contribution is -0.136. The molecule has 4 fully saturated rings. The van der Waals surface area contributed by atoms with Crippen LogP contribution >= 0.6 is 11.3 Å². The number of ketones is 1. The van der Waals surface area contributed by atoms with Gasteiger partial charge in [-0.25, -0.2) is 0 Å². The largest absolute Gasteiger partial charge is 0.417 e. The number of benzene rings is 1. The van der Waals surface area contributed by atoms with Crippen LogP contribution in [0.4, 0.5) is 13.2 Å². The maximum atomic E-state index is 13.2. The van der Waals surface area contributed by atoms with Gasteiger partial charge in [-0.05, 0) is 68.1 Å². The van der Waals surface area contributed by atoms with E-state index in [1.54, 1.807) is 12.1 Å². The SMILES string of the molecule is O=C(CC1C2CCN(CC2)C12CC2)c1cc2cccc(C(F)(F)F)c2s1. The monoisotopic (exact) mass is 379 g/mol. The smallest absolute Gasteiger partial charge is 0.297 e. The minimum absolute atomic E-state index is 0.0179. The minimum atomic E-state index is -4.39. The van der Waals surface area contributed by atoms with E-state index in [9.17, 15) is 18.0 Å². The molecule has 1 unspecified atom stereocenters. The van der Waals surface area contributed by atoms with Crippen molar-refractivity contribution >= 4 is 27.2 Å². The number of nitrogens with zero attached hydrogens (tertiary/aromatic N) is 1. The van der Waals surface area contributed by atoms with E-state index in [2.05, 4.69) is 4.90 Å². The Bertz CT molecular complexity index is 875. The molecule has 6 heteroatoms. The molecule has 1 aliphatic carbocycles. The first-order valence-corrected chi connectivity index (χ1v) is 10.1. The normalized spacial score (nSPS) is 29.4. The van der Waals surface area contributed by atoms with E-state index < -0.39 is 11.7 Å². The predicted molar refractivity (Wildman–Crippen MR) is 95.5 cm³/mol. The summed E-state index contributed by atoms with van der Waals surface area (Å²) in [4.78, 5) is 16.0. The Morgan fingerprint density at radius 1 is 1.23 bits per heavy atom. The Labute approximate surface area is 154 Å². The van der Waals surface area contributed by atoms with Gasteiger partial charge in [0.1, 0.15) is 0 Å². The van der Waals surface area contributed by atoms with Crippen LogP contribution in [0.3, 0.4) is 0 Å². The van der Waals surface area contributed by atoms with Crippen LogP contribution in [0.5, 0.6) is 0 Å². The molecule has 3 aliphatic heterocycles. The molecular weight excluding hydrogens is 359 g/mol. The Hall–Kier alpha value is -1.40. The summed E-state index contributed by atoms with van der Waals surface area (Å²) >= 11 is 1.00. The van der Waals surface area contributed by atoms with Gasteiger partial charge < -0.3 is 0 Å². The third-order valence-electron chi connectivity index (χ3n) is 6.72. The van der Waals surface area contributed by atoms with Crippen molar-refractivity contribution in [3.63, 3.8) is 0 Å². The van der Waals surface area contributed by atoms with Crippen LogP contribution in [0.25, 0.3) is 10.1 Å². The summed E-state index contributed by atoms with van der Waals surface area (Å²) in [5.41, 5.74) is -0.412. The van der Waals surface area contributed by atoms with E-state index >= 15 is 0 Å². The van der Waals surface area contributed by atoms with Gasteiger partial charge in [-0.3, -0.25) is 9.69 Å². The Morgan fingerprint density at radius 2 is 1.96 bits per heavy atom.